The Morgan fingerprint density at radius 1 is 1.00 bits per heavy atom. The minimum atomic E-state index is -0.432. The molecule has 0 aliphatic rings. The number of carbonyl (C=O) groups is 2. The fourth-order valence-corrected chi connectivity index (χ4v) is 3.55. The Balaban J connectivity index is 1.39. The van der Waals surface area contributed by atoms with E-state index in [9.17, 15) is 9.59 Å². The second kappa shape index (κ2) is 8.93. The van der Waals surface area contributed by atoms with E-state index >= 15 is 0 Å². The maximum atomic E-state index is 12.1. The van der Waals surface area contributed by atoms with E-state index in [1.165, 1.54) is 18.1 Å². The predicted octanol–water partition coefficient (Wildman–Crippen LogP) is 3.02. The molecule has 2 aromatic heterocycles. The van der Waals surface area contributed by atoms with Gasteiger partial charge in [-0.2, -0.15) is 5.10 Å². The number of fused-ring (bicyclic) bond motifs is 1. The third-order valence-corrected chi connectivity index (χ3v) is 5.35. The first-order valence-corrected chi connectivity index (χ1v) is 10.2. The fourth-order valence-electron chi connectivity index (χ4n) is 2.67. The van der Waals surface area contributed by atoms with E-state index in [0.717, 1.165) is 11.1 Å². The summed E-state index contributed by atoms with van der Waals surface area (Å²) in [5.74, 6) is -0.744. The van der Waals surface area contributed by atoms with Gasteiger partial charge in [0.15, 0.2) is 5.65 Å². The number of nitrogens with one attached hydrogen (secondary N) is 2. The van der Waals surface area contributed by atoms with Crippen LogP contribution in [0, 0.1) is 0 Å². The molecule has 0 spiro atoms. The fraction of sp³-hybridized carbons (Fsp3) is 0.0500. The average molecular weight is 439 g/mol. The highest BCUT2D eigenvalue weighted by Crippen LogP contribution is 2.25. The number of hydrogen-bond donors (Lipinski definition) is 2. The first kappa shape index (κ1) is 19.9. The molecule has 2 amide bonds. The molecular weight excluding hydrogens is 424 g/mol. The molecule has 2 aromatic carbocycles. The van der Waals surface area contributed by atoms with Crippen LogP contribution < -0.4 is 10.9 Å². The Kier molecular flexibility index (Phi) is 5.92. The molecule has 30 heavy (non-hydrogen) atoms. The van der Waals surface area contributed by atoms with Gasteiger partial charge in [-0.25, -0.2) is 14.6 Å². The van der Waals surface area contributed by atoms with Gasteiger partial charge in [0, 0.05) is 10.6 Å². The molecule has 150 valence electrons. The van der Waals surface area contributed by atoms with Crippen LogP contribution in [-0.4, -0.2) is 37.3 Å². The van der Waals surface area contributed by atoms with Crippen molar-refractivity contribution >= 4 is 46.2 Å². The van der Waals surface area contributed by atoms with Crippen LogP contribution in [0.3, 0.4) is 0 Å². The molecule has 0 atom stereocenters. The van der Waals surface area contributed by atoms with Crippen LogP contribution >= 0.6 is 23.4 Å². The summed E-state index contributed by atoms with van der Waals surface area (Å²) in [5, 5.41) is 6.28. The van der Waals surface area contributed by atoms with Gasteiger partial charge in [-0.3, -0.25) is 20.4 Å². The lowest BCUT2D eigenvalue weighted by Crippen LogP contribution is -2.42. The summed E-state index contributed by atoms with van der Waals surface area (Å²) in [6.45, 7) is 0. The second-order valence-electron chi connectivity index (χ2n) is 6.11. The van der Waals surface area contributed by atoms with Crippen LogP contribution in [-0.2, 0) is 4.79 Å². The highest BCUT2D eigenvalue weighted by molar-refractivity contribution is 8.00. The summed E-state index contributed by atoms with van der Waals surface area (Å²) in [7, 11) is 0. The van der Waals surface area contributed by atoms with Crippen LogP contribution in [0.25, 0.3) is 16.7 Å². The number of benzene rings is 2. The molecule has 10 heteroatoms. The first-order chi connectivity index (χ1) is 14.6. The molecule has 0 radical (unpaired) electrons. The Hall–Kier alpha value is -3.43. The van der Waals surface area contributed by atoms with Gasteiger partial charge in [-0.15, -0.1) is 0 Å². The van der Waals surface area contributed by atoms with E-state index in [-0.39, 0.29) is 11.7 Å². The van der Waals surface area contributed by atoms with Crippen LogP contribution in [0.4, 0.5) is 0 Å². The standard InChI is InChI=1S/C20H15ClN6O2S/c21-14-8-6-13(7-9-14)19(29)26-25-17(28)11-30-20-16-10-24-27(18(16)22-12-23-20)15-4-2-1-3-5-15/h1-10,12H,11H2,(H,25,28)(H,26,29). The second-order valence-corrected chi connectivity index (χ2v) is 7.51. The van der Waals surface area contributed by atoms with Gasteiger partial charge < -0.3 is 0 Å². The molecule has 0 aliphatic carbocycles. The number of hydrogen-bond acceptors (Lipinski definition) is 6. The number of nitrogens with zero attached hydrogens (tertiary/aromatic N) is 4. The lowest BCUT2D eigenvalue weighted by Gasteiger charge is -2.07. The average Bonchev–Trinajstić information content (AvgIpc) is 3.22. The third kappa shape index (κ3) is 4.42. The normalized spacial score (nSPS) is 10.7. The third-order valence-electron chi connectivity index (χ3n) is 4.09. The van der Waals surface area contributed by atoms with Crippen molar-refractivity contribution in [3.63, 3.8) is 0 Å². The number of carbonyl (C=O) groups excluding carboxylic acids is 2. The maximum absolute atomic E-state index is 12.1. The summed E-state index contributed by atoms with van der Waals surface area (Å²) in [4.78, 5) is 32.7. The molecule has 2 N–H and O–H groups in total. The Labute approximate surface area is 180 Å². The molecule has 4 aromatic rings. The Bertz CT molecular complexity index is 1200. The summed E-state index contributed by atoms with van der Waals surface area (Å²) in [6, 6.07) is 16.0. The van der Waals surface area contributed by atoms with E-state index in [4.69, 9.17) is 11.6 Å². The molecule has 0 aliphatic heterocycles. The molecule has 0 fully saturated rings. The zero-order valence-corrected chi connectivity index (χ0v) is 17.0. The zero-order chi connectivity index (χ0) is 20.9. The van der Waals surface area contributed by atoms with Gasteiger partial charge in [0.05, 0.1) is 23.0 Å². The minimum Gasteiger partial charge on any atom is -0.272 e. The summed E-state index contributed by atoms with van der Waals surface area (Å²) < 4.78 is 1.72. The highest BCUT2D eigenvalue weighted by atomic mass is 35.5. The molecule has 0 saturated heterocycles. The van der Waals surface area contributed by atoms with Gasteiger partial charge >= 0.3 is 0 Å². The van der Waals surface area contributed by atoms with Gasteiger partial charge in [-0.05, 0) is 36.4 Å². The van der Waals surface area contributed by atoms with Crippen molar-refractivity contribution in [2.24, 2.45) is 0 Å². The first-order valence-electron chi connectivity index (χ1n) is 8.83. The molecule has 2 heterocycles. The SMILES string of the molecule is O=C(CSc1ncnc2c1cnn2-c1ccccc1)NNC(=O)c1ccc(Cl)cc1. The Morgan fingerprint density at radius 3 is 2.53 bits per heavy atom. The van der Waals surface area contributed by atoms with Crippen molar-refractivity contribution in [1.29, 1.82) is 0 Å². The van der Waals surface area contributed by atoms with Crippen LogP contribution in [0.2, 0.25) is 5.02 Å². The molecule has 0 bridgehead atoms. The van der Waals surface area contributed by atoms with Crippen LogP contribution in [0.1, 0.15) is 10.4 Å². The largest absolute Gasteiger partial charge is 0.272 e. The molecule has 0 saturated carbocycles. The van der Waals surface area contributed by atoms with E-state index < -0.39 is 5.91 Å². The number of thioether (sulfide) groups is 1. The molecular formula is C20H15ClN6O2S. The predicted molar refractivity (Wildman–Crippen MR) is 114 cm³/mol. The molecule has 4 rings (SSSR count). The number of amides is 2. The molecule has 8 nitrogen and oxygen atoms in total. The Morgan fingerprint density at radius 2 is 1.77 bits per heavy atom. The van der Waals surface area contributed by atoms with Gasteiger partial charge in [0.1, 0.15) is 11.4 Å². The van der Waals surface area contributed by atoms with Crippen molar-refractivity contribution in [2.75, 3.05) is 5.75 Å². The number of rotatable bonds is 5. The quantitative estimate of drug-likeness (QED) is 0.282. The van der Waals surface area contributed by atoms with Gasteiger partial charge in [0.2, 0.25) is 5.91 Å². The highest BCUT2D eigenvalue weighted by Gasteiger charge is 2.13. The minimum absolute atomic E-state index is 0.0591. The van der Waals surface area contributed by atoms with E-state index in [1.807, 2.05) is 30.3 Å². The monoisotopic (exact) mass is 438 g/mol. The molecule has 0 unspecified atom stereocenters. The van der Waals surface area contributed by atoms with Crippen LogP contribution in [0.15, 0.2) is 72.1 Å². The van der Waals surface area contributed by atoms with Crippen molar-refractivity contribution in [2.45, 2.75) is 5.03 Å². The van der Waals surface area contributed by atoms with Crippen LogP contribution in [0.5, 0.6) is 0 Å². The van der Waals surface area contributed by atoms with Gasteiger partial charge in [0.25, 0.3) is 5.91 Å². The van der Waals surface area contributed by atoms with E-state index in [1.54, 1.807) is 35.1 Å². The van der Waals surface area contributed by atoms with E-state index in [0.29, 0.717) is 21.3 Å². The van der Waals surface area contributed by atoms with E-state index in [2.05, 4.69) is 25.9 Å². The van der Waals surface area contributed by atoms with Crippen molar-refractivity contribution in [3.05, 3.63) is 77.7 Å². The summed E-state index contributed by atoms with van der Waals surface area (Å²) in [5.41, 5.74) is 6.68. The maximum Gasteiger partial charge on any atom is 0.269 e. The lowest BCUT2D eigenvalue weighted by atomic mass is 10.2. The number of aromatic nitrogens is 4. The smallest absolute Gasteiger partial charge is 0.269 e. The van der Waals surface area contributed by atoms with Crippen molar-refractivity contribution in [1.82, 2.24) is 30.6 Å². The summed E-state index contributed by atoms with van der Waals surface area (Å²) in [6.07, 6.45) is 3.11. The lowest BCUT2D eigenvalue weighted by molar-refractivity contribution is -0.119. The van der Waals surface area contributed by atoms with Crippen molar-refractivity contribution in [3.8, 4) is 5.69 Å². The number of hydrazine groups is 1. The zero-order valence-electron chi connectivity index (χ0n) is 15.4. The number of para-hydroxylation sites is 1. The van der Waals surface area contributed by atoms with Crippen molar-refractivity contribution < 1.29 is 9.59 Å². The topological polar surface area (TPSA) is 102 Å². The summed E-state index contributed by atoms with van der Waals surface area (Å²) >= 11 is 7.03. The van der Waals surface area contributed by atoms with Gasteiger partial charge in [-0.1, -0.05) is 41.6 Å². The number of halogens is 1.